The van der Waals surface area contributed by atoms with Crippen LogP contribution >= 0.6 is 7.60 Å². The van der Waals surface area contributed by atoms with Gasteiger partial charge in [-0.25, -0.2) is 4.57 Å². The van der Waals surface area contributed by atoms with Crippen molar-refractivity contribution in [2.45, 2.75) is 19.0 Å². The number of aryl methyl sites for hydroxylation is 1. The van der Waals surface area contributed by atoms with Crippen LogP contribution in [0.4, 0.5) is 0 Å². The summed E-state index contributed by atoms with van der Waals surface area (Å²) in [6.45, 7) is 0. The molecule has 0 radical (unpaired) electrons. The molecule has 0 aromatic heterocycles. The number of carboxylic acid groups (broad SMARTS) is 1. The summed E-state index contributed by atoms with van der Waals surface area (Å²) < 4.78 is 18.1. The third-order valence-electron chi connectivity index (χ3n) is 4.05. The van der Waals surface area contributed by atoms with Crippen molar-refractivity contribution in [1.82, 2.24) is 0 Å². The highest BCUT2D eigenvalue weighted by atomic mass is 31.2. The molecule has 1 atom stereocenters. The quantitative estimate of drug-likeness (QED) is 0.593. The second-order valence-corrected chi connectivity index (χ2v) is 7.80. The lowest BCUT2D eigenvalue weighted by Crippen LogP contribution is -2.02. The Bertz CT molecular complexity index is 968. The average molecular weight is 370 g/mol. The normalized spacial score (nSPS) is 13.3. The number of benzene rings is 3. The number of carboxylic acids is 1. The van der Waals surface area contributed by atoms with E-state index in [4.69, 9.17) is 9.63 Å². The first-order chi connectivity index (χ1) is 12.4. The van der Waals surface area contributed by atoms with Gasteiger partial charge in [0.05, 0.1) is 6.16 Å². The molecule has 0 aliphatic carbocycles. The molecule has 0 heterocycles. The van der Waals surface area contributed by atoms with Crippen LogP contribution in [-0.2, 0) is 21.9 Å². The number of aliphatic carboxylic acids is 1. The zero-order chi connectivity index (χ0) is 18.6. The molecule has 3 aromatic rings. The van der Waals surface area contributed by atoms with Crippen molar-refractivity contribution >= 4 is 24.3 Å². The van der Waals surface area contributed by atoms with Gasteiger partial charge in [-0.05, 0) is 28.8 Å². The fourth-order valence-corrected chi connectivity index (χ4v) is 4.11. The summed E-state index contributed by atoms with van der Waals surface area (Å²) in [5.41, 5.74) is 1.33. The number of carbonyl (C=O) groups is 1. The van der Waals surface area contributed by atoms with Crippen LogP contribution < -0.4 is 4.52 Å². The van der Waals surface area contributed by atoms with Gasteiger partial charge in [0.1, 0.15) is 5.75 Å². The molecule has 0 fully saturated rings. The highest BCUT2D eigenvalue weighted by Gasteiger charge is 2.24. The zero-order valence-corrected chi connectivity index (χ0v) is 14.9. The van der Waals surface area contributed by atoms with Gasteiger partial charge in [0, 0.05) is 12.0 Å². The molecule has 5 nitrogen and oxygen atoms in total. The lowest BCUT2D eigenvalue weighted by atomic mass is 10.00. The Kier molecular flexibility index (Phi) is 5.40. The number of hydrogen-bond donors (Lipinski definition) is 2. The van der Waals surface area contributed by atoms with Gasteiger partial charge >= 0.3 is 13.6 Å². The maximum absolute atomic E-state index is 12.6. The minimum absolute atomic E-state index is 0.0845. The molecule has 0 saturated carbocycles. The molecule has 0 spiro atoms. The van der Waals surface area contributed by atoms with Crippen LogP contribution in [0.1, 0.15) is 17.5 Å². The van der Waals surface area contributed by atoms with Crippen LogP contribution in [0.2, 0.25) is 0 Å². The Balaban J connectivity index is 1.94. The van der Waals surface area contributed by atoms with E-state index >= 15 is 0 Å². The van der Waals surface area contributed by atoms with Gasteiger partial charge in [0.25, 0.3) is 0 Å². The van der Waals surface area contributed by atoms with Crippen LogP contribution in [0.25, 0.3) is 10.8 Å². The highest BCUT2D eigenvalue weighted by molar-refractivity contribution is 7.52. The van der Waals surface area contributed by atoms with Crippen LogP contribution in [-0.4, -0.2) is 16.0 Å². The Morgan fingerprint density at radius 2 is 1.65 bits per heavy atom. The van der Waals surface area contributed by atoms with E-state index in [9.17, 15) is 14.3 Å². The Morgan fingerprint density at radius 3 is 2.38 bits per heavy atom. The minimum Gasteiger partial charge on any atom is -0.481 e. The molecule has 3 rings (SSSR count). The Labute approximate surface area is 151 Å². The van der Waals surface area contributed by atoms with E-state index in [-0.39, 0.29) is 24.8 Å². The monoisotopic (exact) mass is 370 g/mol. The molecular weight excluding hydrogens is 351 g/mol. The molecule has 2 N–H and O–H groups in total. The molecule has 6 heteroatoms. The highest BCUT2D eigenvalue weighted by Crippen LogP contribution is 2.47. The first kappa shape index (κ1) is 18.2. The predicted octanol–water partition coefficient (Wildman–Crippen LogP) is 4.62. The first-order valence-electron chi connectivity index (χ1n) is 8.22. The molecule has 3 aromatic carbocycles. The molecular formula is C20H19O5P. The third-order valence-corrected chi connectivity index (χ3v) is 5.30. The van der Waals surface area contributed by atoms with E-state index in [1.165, 1.54) is 0 Å². The van der Waals surface area contributed by atoms with Gasteiger partial charge in [0.15, 0.2) is 0 Å². The van der Waals surface area contributed by atoms with E-state index in [2.05, 4.69) is 0 Å². The molecule has 0 saturated heterocycles. The summed E-state index contributed by atoms with van der Waals surface area (Å²) in [7, 11) is -3.94. The number of rotatable bonds is 7. The standard InChI is InChI=1S/C20H19O5P/c21-20(22)13-11-18-17-9-5-4-8-16(17)10-12-19(18)25-26(23,24)14-15-6-2-1-3-7-15/h1-10,12H,11,13-14H2,(H,21,22)(H,23,24). The van der Waals surface area contributed by atoms with Gasteiger partial charge in [-0.15, -0.1) is 0 Å². The predicted molar refractivity (Wildman–Crippen MR) is 101 cm³/mol. The fourth-order valence-electron chi connectivity index (χ4n) is 2.89. The van der Waals surface area contributed by atoms with E-state index in [1.54, 1.807) is 36.4 Å². The van der Waals surface area contributed by atoms with Crippen LogP contribution in [0.5, 0.6) is 5.75 Å². The molecule has 0 aliphatic heterocycles. The summed E-state index contributed by atoms with van der Waals surface area (Å²) in [4.78, 5) is 21.3. The topological polar surface area (TPSA) is 83.8 Å². The first-order valence-corrected chi connectivity index (χ1v) is 9.99. The Hall–Kier alpha value is -2.62. The molecule has 0 amide bonds. The van der Waals surface area contributed by atoms with Crippen molar-refractivity contribution in [2.24, 2.45) is 0 Å². The second kappa shape index (κ2) is 7.73. The summed E-state index contributed by atoms with van der Waals surface area (Å²) in [5, 5.41) is 10.8. The molecule has 0 bridgehead atoms. The van der Waals surface area contributed by atoms with Crippen molar-refractivity contribution in [3.05, 3.63) is 77.9 Å². The maximum atomic E-state index is 12.6. The number of fused-ring (bicyclic) bond motifs is 1. The largest absolute Gasteiger partial charge is 0.481 e. The van der Waals surface area contributed by atoms with Gasteiger partial charge < -0.3 is 14.5 Å². The van der Waals surface area contributed by atoms with Crippen molar-refractivity contribution < 1.29 is 23.9 Å². The van der Waals surface area contributed by atoms with Gasteiger partial charge in [-0.3, -0.25) is 4.79 Å². The number of hydrogen-bond acceptors (Lipinski definition) is 3. The van der Waals surface area contributed by atoms with E-state index in [0.29, 0.717) is 11.1 Å². The van der Waals surface area contributed by atoms with E-state index in [1.807, 2.05) is 30.3 Å². The smallest absolute Gasteiger partial charge is 0.380 e. The van der Waals surface area contributed by atoms with Gasteiger partial charge in [-0.1, -0.05) is 60.7 Å². The summed E-state index contributed by atoms with van der Waals surface area (Å²) in [6, 6.07) is 19.9. The lowest BCUT2D eigenvalue weighted by Gasteiger charge is -2.18. The minimum atomic E-state index is -3.94. The summed E-state index contributed by atoms with van der Waals surface area (Å²) in [6.07, 6.45) is 0.0230. The average Bonchev–Trinajstić information content (AvgIpc) is 2.60. The van der Waals surface area contributed by atoms with Crippen molar-refractivity contribution in [2.75, 3.05) is 0 Å². The third kappa shape index (κ3) is 4.51. The summed E-state index contributed by atoms with van der Waals surface area (Å²) >= 11 is 0. The maximum Gasteiger partial charge on any atom is 0.380 e. The zero-order valence-electron chi connectivity index (χ0n) is 14.0. The Morgan fingerprint density at radius 1 is 0.962 bits per heavy atom. The molecule has 134 valence electrons. The van der Waals surface area contributed by atoms with Gasteiger partial charge in [-0.2, -0.15) is 0 Å². The van der Waals surface area contributed by atoms with E-state index < -0.39 is 13.6 Å². The van der Waals surface area contributed by atoms with Crippen molar-refractivity contribution in [3.8, 4) is 5.75 Å². The SMILES string of the molecule is O=C(O)CCc1c(OP(=O)(O)Cc2ccccc2)ccc2ccccc12. The van der Waals surface area contributed by atoms with Crippen molar-refractivity contribution in [3.63, 3.8) is 0 Å². The van der Waals surface area contributed by atoms with Crippen LogP contribution in [0, 0.1) is 0 Å². The van der Waals surface area contributed by atoms with Gasteiger partial charge in [0.2, 0.25) is 0 Å². The van der Waals surface area contributed by atoms with Crippen molar-refractivity contribution in [1.29, 1.82) is 0 Å². The molecule has 26 heavy (non-hydrogen) atoms. The molecule has 0 aliphatic rings. The van der Waals surface area contributed by atoms with E-state index in [0.717, 1.165) is 10.8 Å². The van der Waals surface area contributed by atoms with Crippen LogP contribution in [0.3, 0.4) is 0 Å². The summed E-state index contributed by atoms with van der Waals surface area (Å²) in [5.74, 6) is -0.674. The fraction of sp³-hybridized carbons (Fsp3) is 0.150. The lowest BCUT2D eigenvalue weighted by molar-refractivity contribution is -0.136. The molecule has 1 unspecified atom stereocenters. The van der Waals surface area contributed by atoms with Crippen LogP contribution in [0.15, 0.2) is 66.7 Å². The second-order valence-electron chi connectivity index (χ2n) is 6.03.